The van der Waals surface area contributed by atoms with Crippen molar-refractivity contribution < 1.29 is 14.3 Å². The van der Waals surface area contributed by atoms with Crippen molar-refractivity contribution >= 4 is 6.16 Å². The highest BCUT2D eigenvalue weighted by molar-refractivity contribution is 5.60. The van der Waals surface area contributed by atoms with E-state index in [4.69, 9.17) is 5.73 Å². The van der Waals surface area contributed by atoms with E-state index in [0.717, 1.165) is 6.42 Å². The summed E-state index contributed by atoms with van der Waals surface area (Å²) in [5.74, 6) is 5.87. The van der Waals surface area contributed by atoms with Crippen molar-refractivity contribution in [2.45, 2.75) is 26.5 Å². The van der Waals surface area contributed by atoms with Crippen LogP contribution >= 0.6 is 0 Å². The average molecular weight is 185 g/mol. The van der Waals surface area contributed by atoms with Gasteiger partial charge in [0, 0.05) is 6.42 Å². The Hall–Kier alpha value is -1.21. The molecule has 0 aromatic carbocycles. The Kier molecular flexibility index (Phi) is 5.73. The van der Waals surface area contributed by atoms with Crippen LogP contribution in [-0.2, 0) is 9.47 Å². The molecule has 74 valence electrons. The Morgan fingerprint density at radius 2 is 2.15 bits per heavy atom. The molecule has 13 heavy (non-hydrogen) atoms. The van der Waals surface area contributed by atoms with Crippen LogP contribution in [0, 0.1) is 17.8 Å². The summed E-state index contributed by atoms with van der Waals surface area (Å²) in [5, 5.41) is 0. The van der Waals surface area contributed by atoms with Gasteiger partial charge < -0.3 is 9.47 Å². The van der Waals surface area contributed by atoms with Gasteiger partial charge in [-0.3, -0.25) is 5.73 Å². The number of hydrogen-bond donors (Lipinski definition) is 1. The van der Waals surface area contributed by atoms with Crippen LogP contribution < -0.4 is 5.73 Å². The molecule has 0 heterocycles. The summed E-state index contributed by atoms with van der Waals surface area (Å²) in [5.41, 5.74) is 5.34. The van der Waals surface area contributed by atoms with E-state index in [2.05, 4.69) is 21.3 Å². The Labute approximate surface area is 78.4 Å². The van der Waals surface area contributed by atoms with Crippen LogP contribution in [0.3, 0.4) is 0 Å². The maximum absolute atomic E-state index is 10.5. The largest absolute Gasteiger partial charge is 0.510 e. The Morgan fingerprint density at radius 1 is 1.54 bits per heavy atom. The summed E-state index contributed by atoms with van der Waals surface area (Å²) in [6, 6.07) is 0. The van der Waals surface area contributed by atoms with Crippen molar-refractivity contribution in [1.29, 1.82) is 0 Å². The van der Waals surface area contributed by atoms with Crippen molar-refractivity contribution in [2.75, 3.05) is 7.11 Å². The molecule has 2 N–H and O–H groups in total. The SMILES string of the molecule is COC(=O)OC(N)C#CCC(C)C. The van der Waals surface area contributed by atoms with Gasteiger partial charge in [0.2, 0.25) is 6.23 Å². The van der Waals surface area contributed by atoms with E-state index in [0.29, 0.717) is 5.92 Å². The molecule has 0 bridgehead atoms. The summed E-state index contributed by atoms with van der Waals surface area (Å²) >= 11 is 0. The molecule has 0 rings (SSSR count). The first kappa shape index (κ1) is 11.8. The second kappa shape index (κ2) is 6.32. The van der Waals surface area contributed by atoms with Crippen LogP contribution in [0.25, 0.3) is 0 Å². The monoisotopic (exact) mass is 185 g/mol. The van der Waals surface area contributed by atoms with Gasteiger partial charge in [0.1, 0.15) is 0 Å². The van der Waals surface area contributed by atoms with Gasteiger partial charge in [0.05, 0.1) is 7.11 Å². The molecule has 0 aliphatic rings. The van der Waals surface area contributed by atoms with Gasteiger partial charge in [0.15, 0.2) is 0 Å². The smallest absolute Gasteiger partial charge is 0.438 e. The minimum Gasteiger partial charge on any atom is -0.438 e. The molecule has 0 amide bonds. The van der Waals surface area contributed by atoms with E-state index in [-0.39, 0.29) is 0 Å². The van der Waals surface area contributed by atoms with Gasteiger partial charge in [0.25, 0.3) is 0 Å². The number of carbonyl (C=O) groups is 1. The summed E-state index contributed by atoms with van der Waals surface area (Å²) in [4.78, 5) is 10.5. The molecule has 0 aliphatic carbocycles. The lowest BCUT2D eigenvalue weighted by atomic mass is 10.1. The molecule has 0 aromatic heterocycles. The maximum Gasteiger partial charge on any atom is 0.510 e. The lowest BCUT2D eigenvalue weighted by molar-refractivity contribution is 0.0572. The molecule has 4 heteroatoms. The van der Waals surface area contributed by atoms with Gasteiger partial charge in [-0.25, -0.2) is 4.79 Å². The maximum atomic E-state index is 10.5. The molecular formula is C9H15NO3. The first-order valence-electron chi connectivity index (χ1n) is 4.04. The average Bonchev–Trinajstić information content (AvgIpc) is 2.03. The van der Waals surface area contributed by atoms with E-state index < -0.39 is 12.4 Å². The second-order valence-electron chi connectivity index (χ2n) is 2.91. The predicted octanol–water partition coefficient (Wildman–Crippen LogP) is 1.10. The molecule has 1 atom stereocenters. The Morgan fingerprint density at radius 3 is 2.62 bits per heavy atom. The minimum absolute atomic E-state index is 0.484. The Balaban J connectivity index is 3.76. The number of nitrogens with two attached hydrogens (primary N) is 1. The van der Waals surface area contributed by atoms with Gasteiger partial charge in [-0.2, -0.15) is 0 Å². The van der Waals surface area contributed by atoms with E-state index in [1.165, 1.54) is 7.11 Å². The van der Waals surface area contributed by atoms with Crippen LogP contribution in [0.5, 0.6) is 0 Å². The number of rotatable bonds is 2. The van der Waals surface area contributed by atoms with Crippen molar-refractivity contribution in [3.8, 4) is 11.8 Å². The van der Waals surface area contributed by atoms with Gasteiger partial charge in [-0.1, -0.05) is 19.8 Å². The van der Waals surface area contributed by atoms with E-state index in [9.17, 15) is 4.79 Å². The van der Waals surface area contributed by atoms with Crippen molar-refractivity contribution in [1.82, 2.24) is 0 Å². The minimum atomic E-state index is -0.897. The van der Waals surface area contributed by atoms with Crippen LogP contribution in [0.4, 0.5) is 4.79 Å². The molecule has 0 fully saturated rings. The van der Waals surface area contributed by atoms with E-state index in [1.807, 2.05) is 13.8 Å². The first-order chi connectivity index (χ1) is 6.06. The third-order valence-corrected chi connectivity index (χ3v) is 1.14. The second-order valence-corrected chi connectivity index (χ2v) is 2.91. The molecule has 1 unspecified atom stereocenters. The van der Waals surface area contributed by atoms with Gasteiger partial charge in [-0.15, -0.1) is 0 Å². The number of ether oxygens (including phenoxy) is 2. The summed E-state index contributed by atoms with van der Waals surface area (Å²) in [6.07, 6.45) is -0.976. The first-order valence-corrected chi connectivity index (χ1v) is 4.04. The van der Waals surface area contributed by atoms with Crippen molar-refractivity contribution in [3.63, 3.8) is 0 Å². The van der Waals surface area contributed by atoms with Crippen molar-refractivity contribution in [2.24, 2.45) is 11.7 Å². The topological polar surface area (TPSA) is 61.5 Å². The van der Waals surface area contributed by atoms with Gasteiger partial charge >= 0.3 is 6.16 Å². The fourth-order valence-electron chi connectivity index (χ4n) is 0.545. The number of carbonyl (C=O) groups excluding carboxylic acids is 1. The third kappa shape index (κ3) is 7.16. The zero-order valence-corrected chi connectivity index (χ0v) is 8.16. The van der Waals surface area contributed by atoms with Crippen LogP contribution in [0.2, 0.25) is 0 Å². The highest BCUT2D eigenvalue weighted by atomic mass is 16.7. The number of hydrogen-bond acceptors (Lipinski definition) is 4. The molecule has 0 radical (unpaired) electrons. The number of methoxy groups -OCH3 is 1. The molecular weight excluding hydrogens is 170 g/mol. The van der Waals surface area contributed by atoms with E-state index >= 15 is 0 Å². The molecule has 0 saturated heterocycles. The van der Waals surface area contributed by atoms with E-state index in [1.54, 1.807) is 0 Å². The third-order valence-electron chi connectivity index (χ3n) is 1.14. The van der Waals surface area contributed by atoms with Crippen LogP contribution in [0.15, 0.2) is 0 Å². The predicted molar refractivity (Wildman–Crippen MR) is 48.7 cm³/mol. The summed E-state index contributed by atoms with van der Waals surface area (Å²) in [6.45, 7) is 4.09. The van der Waals surface area contributed by atoms with Crippen LogP contribution in [0.1, 0.15) is 20.3 Å². The molecule has 4 nitrogen and oxygen atoms in total. The lowest BCUT2D eigenvalue weighted by Gasteiger charge is -2.04. The zero-order chi connectivity index (χ0) is 10.3. The summed E-state index contributed by atoms with van der Waals surface area (Å²) < 4.78 is 8.76. The lowest BCUT2D eigenvalue weighted by Crippen LogP contribution is -2.25. The fraction of sp³-hybridized carbons (Fsp3) is 0.667. The standard InChI is InChI=1S/C9H15NO3/c1-7(2)5-4-6-8(10)13-9(11)12-3/h7-8H,5,10H2,1-3H3. The van der Waals surface area contributed by atoms with Gasteiger partial charge in [-0.05, 0) is 11.8 Å². The fourth-order valence-corrected chi connectivity index (χ4v) is 0.545. The molecule has 0 spiro atoms. The highest BCUT2D eigenvalue weighted by Gasteiger charge is 2.04. The highest BCUT2D eigenvalue weighted by Crippen LogP contribution is 1.96. The van der Waals surface area contributed by atoms with Crippen LogP contribution in [-0.4, -0.2) is 19.5 Å². The molecule has 0 saturated carbocycles. The summed E-state index contributed by atoms with van der Waals surface area (Å²) in [7, 11) is 1.22. The molecule has 0 aromatic rings. The normalized spacial score (nSPS) is 11.5. The Bertz CT molecular complexity index is 215. The molecule has 0 aliphatic heterocycles. The quantitative estimate of drug-likeness (QED) is 0.397. The zero-order valence-electron chi connectivity index (χ0n) is 8.16. The van der Waals surface area contributed by atoms with Crippen molar-refractivity contribution in [3.05, 3.63) is 0 Å².